The molecule has 0 radical (unpaired) electrons. The van der Waals surface area contributed by atoms with E-state index in [9.17, 15) is 10.2 Å². The molecule has 8 atom stereocenters. The van der Waals surface area contributed by atoms with Gasteiger partial charge in [0.2, 0.25) is 0 Å². The molecular formula is C19H31NO2. The van der Waals surface area contributed by atoms with Crippen molar-refractivity contribution < 1.29 is 10.2 Å². The summed E-state index contributed by atoms with van der Waals surface area (Å²) >= 11 is 0. The van der Waals surface area contributed by atoms with E-state index in [0.29, 0.717) is 11.8 Å². The Morgan fingerprint density at radius 2 is 1.91 bits per heavy atom. The summed E-state index contributed by atoms with van der Waals surface area (Å²) in [6.45, 7) is 4.76. The van der Waals surface area contributed by atoms with Crippen molar-refractivity contribution >= 4 is 0 Å². The minimum Gasteiger partial charge on any atom is -0.393 e. The molecule has 124 valence electrons. The molecule has 0 aromatic rings. The average Bonchev–Trinajstić information content (AvgIpc) is 2.72. The molecule has 3 saturated carbocycles. The smallest absolute Gasteiger partial charge is 0.0699 e. The highest BCUT2D eigenvalue weighted by Gasteiger charge is 2.60. The van der Waals surface area contributed by atoms with Crippen molar-refractivity contribution in [2.24, 2.45) is 34.3 Å². The second-order valence-electron chi connectivity index (χ2n) is 9.03. The zero-order chi connectivity index (χ0) is 15.7. The van der Waals surface area contributed by atoms with E-state index in [4.69, 9.17) is 5.73 Å². The van der Waals surface area contributed by atoms with Crippen molar-refractivity contribution in [1.29, 1.82) is 0 Å². The Kier molecular flexibility index (Phi) is 3.32. The van der Waals surface area contributed by atoms with Crippen LogP contribution in [0.1, 0.15) is 58.8 Å². The first kappa shape index (κ1) is 15.2. The van der Waals surface area contributed by atoms with Crippen LogP contribution in [0.25, 0.3) is 0 Å². The molecule has 0 spiro atoms. The monoisotopic (exact) mass is 305 g/mol. The van der Waals surface area contributed by atoms with E-state index in [1.807, 2.05) is 0 Å². The molecular weight excluding hydrogens is 274 g/mol. The maximum absolute atomic E-state index is 10.3. The zero-order valence-electron chi connectivity index (χ0n) is 14.0. The van der Waals surface area contributed by atoms with Gasteiger partial charge in [0, 0.05) is 6.04 Å². The molecule has 0 aromatic carbocycles. The second kappa shape index (κ2) is 4.81. The molecule has 0 heterocycles. The number of rotatable bonds is 0. The van der Waals surface area contributed by atoms with Crippen LogP contribution in [0.5, 0.6) is 0 Å². The lowest BCUT2D eigenvalue weighted by molar-refractivity contribution is -0.0403. The lowest BCUT2D eigenvalue weighted by Gasteiger charge is -2.57. The highest BCUT2D eigenvalue weighted by atomic mass is 16.3. The van der Waals surface area contributed by atoms with Gasteiger partial charge in [-0.15, -0.1) is 0 Å². The van der Waals surface area contributed by atoms with Crippen LogP contribution in [0.2, 0.25) is 0 Å². The van der Waals surface area contributed by atoms with Crippen molar-refractivity contribution in [3.05, 3.63) is 11.6 Å². The Morgan fingerprint density at radius 1 is 1.14 bits per heavy atom. The van der Waals surface area contributed by atoms with Gasteiger partial charge in [-0.1, -0.05) is 25.5 Å². The molecule has 0 saturated heterocycles. The summed E-state index contributed by atoms with van der Waals surface area (Å²) in [6, 6.07) is -0.0511. The molecule has 0 aliphatic heterocycles. The summed E-state index contributed by atoms with van der Waals surface area (Å²) in [5.74, 6) is 1.96. The molecule has 3 heteroatoms. The van der Waals surface area contributed by atoms with E-state index >= 15 is 0 Å². The van der Waals surface area contributed by atoms with Gasteiger partial charge in [0.25, 0.3) is 0 Å². The molecule has 0 amide bonds. The van der Waals surface area contributed by atoms with Crippen molar-refractivity contribution in [3.8, 4) is 0 Å². The van der Waals surface area contributed by atoms with Gasteiger partial charge >= 0.3 is 0 Å². The molecule has 22 heavy (non-hydrogen) atoms. The molecule has 0 bridgehead atoms. The van der Waals surface area contributed by atoms with Crippen LogP contribution in [0.4, 0.5) is 0 Å². The van der Waals surface area contributed by atoms with E-state index < -0.39 is 0 Å². The number of hydrogen-bond acceptors (Lipinski definition) is 3. The third-order valence-electron chi connectivity index (χ3n) is 8.19. The fourth-order valence-corrected chi connectivity index (χ4v) is 6.69. The molecule has 3 unspecified atom stereocenters. The summed E-state index contributed by atoms with van der Waals surface area (Å²) in [5.41, 5.74) is 8.29. The minimum atomic E-state index is -0.319. The first-order valence-corrected chi connectivity index (χ1v) is 9.17. The summed E-state index contributed by atoms with van der Waals surface area (Å²) in [4.78, 5) is 0. The molecule has 4 aliphatic carbocycles. The molecule has 3 nitrogen and oxygen atoms in total. The third kappa shape index (κ3) is 1.85. The number of hydrogen-bond donors (Lipinski definition) is 3. The first-order valence-electron chi connectivity index (χ1n) is 9.17. The van der Waals surface area contributed by atoms with Crippen LogP contribution in [0, 0.1) is 28.6 Å². The topological polar surface area (TPSA) is 66.5 Å². The van der Waals surface area contributed by atoms with Crippen molar-refractivity contribution in [2.45, 2.75) is 77.0 Å². The maximum atomic E-state index is 10.3. The van der Waals surface area contributed by atoms with Gasteiger partial charge in [-0.3, -0.25) is 0 Å². The minimum absolute atomic E-state index is 0.0511. The number of aliphatic hydroxyl groups is 2. The fourth-order valence-electron chi connectivity index (χ4n) is 6.69. The summed E-state index contributed by atoms with van der Waals surface area (Å²) in [6.07, 6.45) is 9.34. The van der Waals surface area contributed by atoms with Crippen LogP contribution >= 0.6 is 0 Å². The fraction of sp³-hybridized carbons (Fsp3) is 0.895. The van der Waals surface area contributed by atoms with Crippen LogP contribution in [-0.4, -0.2) is 28.5 Å². The van der Waals surface area contributed by atoms with Gasteiger partial charge in [-0.2, -0.15) is 0 Å². The van der Waals surface area contributed by atoms with Gasteiger partial charge in [-0.25, -0.2) is 0 Å². The van der Waals surface area contributed by atoms with Crippen molar-refractivity contribution in [3.63, 3.8) is 0 Å². The third-order valence-corrected chi connectivity index (χ3v) is 8.19. The number of fused-ring (bicyclic) bond motifs is 5. The lowest BCUT2D eigenvalue weighted by atomic mass is 9.48. The van der Waals surface area contributed by atoms with E-state index in [0.717, 1.165) is 44.4 Å². The normalized spacial score (nSPS) is 57.6. The lowest BCUT2D eigenvalue weighted by Crippen LogP contribution is -2.53. The first-order chi connectivity index (χ1) is 10.4. The Labute approximate surface area is 134 Å². The van der Waals surface area contributed by atoms with Gasteiger partial charge < -0.3 is 15.9 Å². The molecule has 4 aliphatic rings. The quantitative estimate of drug-likeness (QED) is 0.603. The number of aliphatic hydroxyl groups excluding tert-OH is 2. The maximum Gasteiger partial charge on any atom is 0.0699 e. The van der Waals surface area contributed by atoms with Crippen molar-refractivity contribution in [2.75, 3.05) is 0 Å². The number of nitrogens with two attached hydrogens (primary N) is 1. The van der Waals surface area contributed by atoms with Crippen molar-refractivity contribution in [1.82, 2.24) is 0 Å². The van der Waals surface area contributed by atoms with Crippen LogP contribution in [0.15, 0.2) is 11.6 Å². The van der Waals surface area contributed by atoms with E-state index in [1.54, 1.807) is 0 Å². The van der Waals surface area contributed by atoms with Crippen LogP contribution in [0.3, 0.4) is 0 Å². The SMILES string of the molecule is C[C@]12CC[C@H](O)CC1=CCC1C2CC[C@@]2(C)C1C[C@H](O)[C@@H]2N. The summed E-state index contributed by atoms with van der Waals surface area (Å²) in [5, 5.41) is 20.4. The van der Waals surface area contributed by atoms with Crippen LogP contribution in [-0.2, 0) is 0 Å². The van der Waals surface area contributed by atoms with Gasteiger partial charge in [0.15, 0.2) is 0 Å². The summed E-state index contributed by atoms with van der Waals surface area (Å²) < 4.78 is 0. The molecule has 3 fully saturated rings. The predicted octanol–water partition coefficient (Wildman–Crippen LogP) is 2.61. The van der Waals surface area contributed by atoms with Gasteiger partial charge in [0.1, 0.15) is 0 Å². The Hall–Kier alpha value is -0.380. The Balaban J connectivity index is 1.68. The highest BCUT2D eigenvalue weighted by Crippen LogP contribution is 2.64. The molecule has 0 aromatic heterocycles. The predicted molar refractivity (Wildman–Crippen MR) is 87.1 cm³/mol. The van der Waals surface area contributed by atoms with Gasteiger partial charge in [-0.05, 0) is 73.5 Å². The Morgan fingerprint density at radius 3 is 2.68 bits per heavy atom. The number of allylic oxidation sites excluding steroid dienone is 1. The van der Waals surface area contributed by atoms with Crippen LogP contribution < -0.4 is 5.73 Å². The standard InChI is InChI=1S/C19H31NO2/c1-18-7-5-12(21)9-11(18)3-4-13-14(18)6-8-19(2)15(13)10-16(22)17(19)20/h3,12-17,21-22H,4-10,20H2,1-2H3/t12-,13?,14?,15?,16-,17-,18-,19-/m0/s1. The molecule has 4 N–H and O–H groups in total. The largest absolute Gasteiger partial charge is 0.393 e. The summed E-state index contributed by atoms with van der Waals surface area (Å²) in [7, 11) is 0. The van der Waals surface area contributed by atoms with Gasteiger partial charge in [0.05, 0.1) is 12.2 Å². The van der Waals surface area contributed by atoms with E-state index in [2.05, 4.69) is 19.9 Å². The van der Waals surface area contributed by atoms with E-state index in [1.165, 1.54) is 12.0 Å². The molecule has 4 rings (SSSR count). The second-order valence-corrected chi connectivity index (χ2v) is 9.03. The Bertz CT molecular complexity index is 504. The highest BCUT2D eigenvalue weighted by molar-refractivity contribution is 5.25. The zero-order valence-corrected chi connectivity index (χ0v) is 14.0. The van der Waals surface area contributed by atoms with E-state index in [-0.39, 0.29) is 29.1 Å². The average molecular weight is 305 g/mol.